The molecule has 0 saturated carbocycles. The van der Waals surface area contributed by atoms with Gasteiger partial charge in [-0.25, -0.2) is 4.99 Å². The Morgan fingerprint density at radius 1 is 1.23 bits per heavy atom. The Balaban J connectivity index is 1.52. The van der Waals surface area contributed by atoms with Crippen LogP contribution in [0.5, 0.6) is 0 Å². The molecule has 7 heteroatoms. The maximum atomic E-state index is 12.0. The molecular formula is C23H37N5O2. The van der Waals surface area contributed by atoms with Crippen molar-refractivity contribution in [3.05, 3.63) is 35.9 Å². The van der Waals surface area contributed by atoms with Crippen molar-refractivity contribution in [2.45, 2.75) is 38.3 Å². The Hall–Kier alpha value is -2.12. The lowest BCUT2D eigenvalue weighted by atomic mass is 10.0. The highest BCUT2D eigenvalue weighted by Gasteiger charge is 2.24. The third-order valence-corrected chi connectivity index (χ3v) is 6.15. The smallest absolute Gasteiger partial charge is 0.243 e. The van der Waals surface area contributed by atoms with Gasteiger partial charge < -0.3 is 20.3 Å². The molecule has 1 aromatic carbocycles. The van der Waals surface area contributed by atoms with E-state index in [9.17, 15) is 4.79 Å². The number of hydrogen-bond acceptors (Lipinski definition) is 4. The summed E-state index contributed by atoms with van der Waals surface area (Å²) in [5, 5.41) is 7.01. The maximum absolute atomic E-state index is 12.0. The van der Waals surface area contributed by atoms with Crippen LogP contribution in [-0.2, 0) is 9.53 Å². The van der Waals surface area contributed by atoms with Crippen LogP contribution in [0.1, 0.15) is 37.8 Å². The standard InChI is InChI=1S/C23H37N5O2/c1-18(20-7-5-4-6-8-20)28-12-9-21(10-13-28)26-23(25-16-22(29)27(2)3)24-15-19-11-14-30-17-19/h4-8,18-19,21H,9-17H2,1-3H3,(H2,24,25,26). The van der Waals surface area contributed by atoms with Gasteiger partial charge in [-0.15, -0.1) is 0 Å². The largest absolute Gasteiger partial charge is 0.381 e. The van der Waals surface area contributed by atoms with Crippen LogP contribution in [0.2, 0.25) is 0 Å². The van der Waals surface area contributed by atoms with Gasteiger partial charge in [0.2, 0.25) is 5.91 Å². The van der Waals surface area contributed by atoms with Crippen molar-refractivity contribution in [2.75, 3.05) is 53.5 Å². The summed E-state index contributed by atoms with van der Waals surface area (Å²) < 4.78 is 5.47. The van der Waals surface area contributed by atoms with E-state index in [4.69, 9.17) is 4.74 Å². The van der Waals surface area contributed by atoms with Crippen molar-refractivity contribution >= 4 is 11.9 Å². The number of likely N-dealkylation sites (tertiary alicyclic amines) is 1. The van der Waals surface area contributed by atoms with E-state index in [-0.39, 0.29) is 12.5 Å². The third-order valence-electron chi connectivity index (χ3n) is 6.15. The van der Waals surface area contributed by atoms with Crippen LogP contribution in [0.25, 0.3) is 0 Å². The Labute approximate surface area is 180 Å². The first kappa shape index (κ1) is 22.6. The van der Waals surface area contributed by atoms with Crippen LogP contribution in [0.4, 0.5) is 0 Å². The van der Waals surface area contributed by atoms with Crippen LogP contribution in [0.15, 0.2) is 35.3 Å². The Kier molecular flexibility index (Phi) is 8.51. The monoisotopic (exact) mass is 415 g/mol. The Morgan fingerprint density at radius 2 is 1.97 bits per heavy atom. The number of ether oxygens (including phenoxy) is 1. The van der Waals surface area contributed by atoms with E-state index in [1.165, 1.54) is 5.56 Å². The molecule has 2 N–H and O–H groups in total. The molecule has 1 aromatic rings. The van der Waals surface area contributed by atoms with Crippen molar-refractivity contribution in [3.63, 3.8) is 0 Å². The molecule has 166 valence electrons. The molecule has 0 bridgehead atoms. The average Bonchev–Trinajstić information content (AvgIpc) is 3.29. The van der Waals surface area contributed by atoms with Crippen LogP contribution in [-0.4, -0.2) is 81.2 Å². The van der Waals surface area contributed by atoms with Crippen LogP contribution in [0, 0.1) is 5.92 Å². The van der Waals surface area contributed by atoms with Crippen molar-refractivity contribution in [3.8, 4) is 0 Å². The van der Waals surface area contributed by atoms with Gasteiger partial charge >= 0.3 is 0 Å². The van der Waals surface area contributed by atoms with Gasteiger partial charge in [-0.1, -0.05) is 30.3 Å². The zero-order valence-corrected chi connectivity index (χ0v) is 18.6. The van der Waals surface area contributed by atoms with Gasteiger partial charge in [-0.2, -0.15) is 0 Å². The van der Waals surface area contributed by atoms with E-state index in [0.717, 1.165) is 58.1 Å². The fourth-order valence-corrected chi connectivity index (χ4v) is 3.99. The minimum atomic E-state index is 0.00630. The van der Waals surface area contributed by atoms with Crippen molar-refractivity contribution < 1.29 is 9.53 Å². The van der Waals surface area contributed by atoms with Gasteiger partial charge in [0.1, 0.15) is 6.54 Å². The number of nitrogens with zero attached hydrogens (tertiary/aromatic N) is 3. The van der Waals surface area contributed by atoms with E-state index in [1.807, 2.05) is 0 Å². The van der Waals surface area contributed by atoms with Crippen LogP contribution < -0.4 is 10.6 Å². The number of benzene rings is 1. The summed E-state index contributed by atoms with van der Waals surface area (Å²) >= 11 is 0. The first-order valence-electron chi connectivity index (χ1n) is 11.1. The molecule has 0 aliphatic carbocycles. The Bertz CT molecular complexity index is 680. The topological polar surface area (TPSA) is 69.2 Å². The highest BCUT2D eigenvalue weighted by molar-refractivity contribution is 5.84. The van der Waals surface area contributed by atoms with Gasteiger partial charge in [0.05, 0.1) is 6.61 Å². The highest BCUT2D eigenvalue weighted by atomic mass is 16.5. The summed E-state index contributed by atoms with van der Waals surface area (Å²) in [6, 6.07) is 11.5. The second-order valence-corrected chi connectivity index (χ2v) is 8.60. The van der Waals surface area contributed by atoms with Gasteiger partial charge in [0.25, 0.3) is 0 Å². The maximum Gasteiger partial charge on any atom is 0.243 e. The number of piperidine rings is 1. The zero-order chi connectivity index (χ0) is 21.3. The molecule has 2 heterocycles. The molecule has 2 aliphatic heterocycles. The minimum Gasteiger partial charge on any atom is -0.381 e. The number of aliphatic imine (C=N–C) groups is 1. The molecule has 30 heavy (non-hydrogen) atoms. The van der Waals surface area contributed by atoms with Gasteiger partial charge in [0.15, 0.2) is 5.96 Å². The van der Waals surface area contributed by atoms with E-state index >= 15 is 0 Å². The van der Waals surface area contributed by atoms with Gasteiger partial charge in [0, 0.05) is 58.3 Å². The average molecular weight is 416 g/mol. The highest BCUT2D eigenvalue weighted by Crippen LogP contribution is 2.24. The first-order valence-corrected chi connectivity index (χ1v) is 11.1. The molecule has 2 aliphatic rings. The number of rotatable bonds is 7. The van der Waals surface area contributed by atoms with Crippen molar-refractivity contribution in [2.24, 2.45) is 10.9 Å². The summed E-state index contributed by atoms with van der Waals surface area (Å²) in [6.07, 6.45) is 3.20. The zero-order valence-electron chi connectivity index (χ0n) is 18.6. The normalized spacial score (nSPS) is 22.0. The lowest BCUT2D eigenvalue weighted by molar-refractivity contribution is -0.127. The summed E-state index contributed by atoms with van der Waals surface area (Å²) in [5.41, 5.74) is 1.37. The van der Waals surface area contributed by atoms with Gasteiger partial charge in [-0.3, -0.25) is 9.69 Å². The van der Waals surface area contributed by atoms with Crippen molar-refractivity contribution in [1.29, 1.82) is 0 Å². The van der Waals surface area contributed by atoms with E-state index in [2.05, 4.69) is 57.8 Å². The molecule has 0 radical (unpaired) electrons. The van der Waals surface area contributed by atoms with Crippen molar-refractivity contribution in [1.82, 2.24) is 20.4 Å². The predicted octanol–water partition coefficient (Wildman–Crippen LogP) is 1.87. The lowest BCUT2D eigenvalue weighted by Gasteiger charge is -2.37. The molecule has 2 fully saturated rings. The summed E-state index contributed by atoms with van der Waals surface area (Å²) in [7, 11) is 3.52. The second kappa shape index (κ2) is 11.3. The number of amides is 1. The quantitative estimate of drug-likeness (QED) is 0.526. The summed E-state index contributed by atoms with van der Waals surface area (Å²) in [6.45, 7) is 7.01. The van der Waals surface area contributed by atoms with E-state index < -0.39 is 0 Å². The number of nitrogens with one attached hydrogen (secondary N) is 2. The lowest BCUT2D eigenvalue weighted by Crippen LogP contribution is -2.50. The molecule has 7 nitrogen and oxygen atoms in total. The van der Waals surface area contributed by atoms with Gasteiger partial charge in [-0.05, 0) is 31.7 Å². The van der Waals surface area contributed by atoms with E-state index in [0.29, 0.717) is 18.0 Å². The fraction of sp³-hybridized carbons (Fsp3) is 0.652. The fourth-order valence-electron chi connectivity index (χ4n) is 3.99. The summed E-state index contributed by atoms with van der Waals surface area (Å²) in [4.78, 5) is 20.7. The molecular weight excluding hydrogens is 378 g/mol. The second-order valence-electron chi connectivity index (χ2n) is 8.60. The van der Waals surface area contributed by atoms with E-state index in [1.54, 1.807) is 19.0 Å². The van der Waals surface area contributed by atoms with Crippen LogP contribution >= 0.6 is 0 Å². The molecule has 3 rings (SSSR count). The number of hydrogen-bond donors (Lipinski definition) is 2. The summed E-state index contributed by atoms with van der Waals surface area (Å²) in [5.74, 6) is 1.26. The number of carbonyl (C=O) groups excluding carboxylic acids is 1. The molecule has 2 unspecified atom stereocenters. The molecule has 2 saturated heterocycles. The third kappa shape index (κ3) is 6.71. The predicted molar refractivity (Wildman–Crippen MR) is 121 cm³/mol. The first-order chi connectivity index (χ1) is 14.5. The minimum absolute atomic E-state index is 0.00630. The van der Waals surface area contributed by atoms with Crippen LogP contribution in [0.3, 0.4) is 0 Å². The number of carbonyl (C=O) groups is 1. The number of guanidine groups is 1. The number of likely N-dealkylation sites (N-methyl/N-ethyl adjacent to an activating group) is 1. The molecule has 1 amide bonds. The molecule has 2 atom stereocenters. The molecule has 0 spiro atoms. The SMILES string of the molecule is CC(c1ccccc1)N1CCC(NC(=NCC(=O)N(C)C)NCC2CCOC2)CC1. The molecule has 0 aromatic heterocycles. The Morgan fingerprint density at radius 3 is 2.60 bits per heavy atom.